The molecule has 13 heavy (non-hydrogen) atoms. The average molecular weight is 293 g/mol. The van der Waals surface area contributed by atoms with Gasteiger partial charge in [0.25, 0.3) is 0 Å². The van der Waals surface area contributed by atoms with Crippen molar-refractivity contribution in [3.8, 4) is 0 Å². The van der Waals surface area contributed by atoms with Crippen LogP contribution in [0.25, 0.3) is 0 Å². The molecule has 0 aliphatic rings. The van der Waals surface area contributed by atoms with Gasteiger partial charge >= 0.3 is 5.97 Å². The number of hydrogen-bond donors (Lipinski definition) is 0. The standard InChI is InChI=1S/C9H12INO2/c1-3-4-11-6-7(10)5-8(11)9(12)13-2/h5-6H,3-4H2,1-2H3. The highest BCUT2D eigenvalue weighted by molar-refractivity contribution is 14.1. The smallest absolute Gasteiger partial charge is 0.354 e. The maximum absolute atomic E-state index is 11.3. The number of esters is 1. The summed E-state index contributed by atoms with van der Waals surface area (Å²) in [6.45, 7) is 2.93. The summed E-state index contributed by atoms with van der Waals surface area (Å²) in [5, 5.41) is 0. The van der Waals surface area contributed by atoms with Crippen LogP contribution in [0.15, 0.2) is 12.3 Å². The second-order valence-corrected chi connectivity index (χ2v) is 3.97. The highest BCUT2D eigenvalue weighted by Gasteiger charge is 2.11. The van der Waals surface area contributed by atoms with Crippen molar-refractivity contribution < 1.29 is 9.53 Å². The highest BCUT2D eigenvalue weighted by Crippen LogP contribution is 2.12. The summed E-state index contributed by atoms with van der Waals surface area (Å²) in [6.07, 6.45) is 2.96. The maximum atomic E-state index is 11.3. The minimum atomic E-state index is -0.267. The van der Waals surface area contributed by atoms with Crippen LogP contribution >= 0.6 is 22.6 Å². The van der Waals surface area contributed by atoms with Gasteiger partial charge in [-0.25, -0.2) is 4.79 Å². The molecule has 1 heterocycles. The quantitative estimate of drug-likeness (QED) is 0.632. The Morgan fingerprint density at radius 3 is 2.92 bits per heavy atom. The van der Waals surface area contributed by atoms with Crippen molar-refractivity contribution in [1.29, 1.82) is 0 Å². The predicted molar refractivity (Wildman–Crippen MR) is 58.8 cm³/mol. The molecule has 0 amide bonds. The number of nitrogens with zero attached hydrogens (tertiary/aromatic N) is 1. The van der Waals surface area contributed by atoms with Crippen LogP contribution in [0.1, 0.15) is 23.8 Å². The number of halogens is 1. The third-order valence-electron chi connectivity index (χ3n) is 1.72. The van der Waals surface area contributed by atoms with E-state index in [9.17, 15) is 4.79 Å². The molecule has 72 valence electrons. The molecule has 0 atom stereocenters. The number of ether oxygens (including phenoxy) is 1. The van der Waals surface area contributed by atoms with Crippen LogP contribution in [-0.4, -0.2) is 17.6 Å². The highest BCUT2D eigenvalue weighted by atomic mass is 127. The van der Waals surface area contributed by atoms with Gasteiger partial charge in [0.05, 0.1) is 7.11 Å². The molecule has 0 unspecified atom stereocenters. The summed E-state index contributed by atoms with van der Waals surface area (Å²) in [5.74, 6) is -0.267. The lowest BCUT2D eigenvalue weighted by atomic mass is 10.4. The Hall–Kier alpha value is -0.520. The van der Waals surface area contributed by atoms with Gasteiger partial charge in [0, 0.05) is 16.3 Å². The monoisotopic (exact) mass is 293 g/mol. The lowest BCUT2D eigenvalue weighted by Crippen LogP contribution is -2.09. The molecule has 0 aromatic carbocycles. The summed E-state index contributed by atoms with van der Waals surface area (Å²) in [4.78, 5) is 11.3. The van der Waals surface area contributed by atoms with Crippen molar-refractivity contribution in [2.75, 3.05) is 7.11 Å². The molecule has 1 aromatic heterocycles. The van der Waals surface area contributed by atoms with Crippen molar-refractivity contribution in [3.63, 3.8) is 0 Å². The molecule has 0 saturated heterocycles. The first kappa shape index (κ1) is 10.6. The van der Waals surface area contributed by atoms with E-state index in [1.807, 2.05) is 16.8 Å². The van der Waals surface area contributed by atoms with E-state index in [0.717, 1.165) is 16.5 Å². The van der Waals surface area contributed by atoms with Crippen molar-refractivity contribution in [1.82, 2.24) is 4.57 Å². The fraction of sp³-hybridized carbons (Fsp3) is 0.444. The normalized spacial score (nSPS) is 10.1. The number of carbonyl (C=O) groups is 1. The largest absolute Gasteiger partial charge is 0.464 e. The third kappa shape index (κ3) is 2.46. The predicted octanol–water partition coefficient (Wildman–Crippen LogP) is 2.29. The van der Waals surface area contributed by atoms with Crippen LogP contribution in [0.5, 0.6) is 0 Å². The Balaban J connectivity index is 2.96. The third-order valence-corrected chi connectivity index (χ3v) is 2.31. The number of aromatic nitrogens is 1. The number of aryl methyl sites for hydroxylation is 1. The molecular formula is C9H12INO2. The Bertz CT molecular complexity index is 307. The first-order chi connectivity index (χ1) is 6.19. The zero-order valence-electron chi connectivity index (χ0n) is 7.71. The van der Waals surface area contributed by atoms with E-state index in [1.165, 1.54) is 7.11 Å². The van der Waals surface area contributed by atoms with E-state index in [-0.39, 0.29) is 5.97 Å². The van der Waals surface area contributed by atoms with Crippen molar-refractivity contribution >= 4 is 28.6 Å². The summed E-state index contributed by atoms with van der Waals surface area (Å²) in [6, 6.07) is 1.84. The van der Waals surface area contributed by atoms with E-state index >= 15 is 0 Å². The second kappa shape index (κ2) is 4.64. The Morgan fingerprint density at radius 1 is 1.69 bits per heavy atom. The number of methoxy groups -OCH3 is 1. The number of carbonyl (C=O) groups excluding carboxylic acids is 1. The van der Waals surface area contributed by atoms with Gasteiger partial charge in [0.1, 0.15) is 5.69 Å². The number of hydrogen-bond acceptors (Lipinski definition) is 2. The van der Waals surface area contributed by atoms with Gasteiger partial charge in [0.15, 0.2) is 0 Å². The summed E-state index contributed by atoms with van der Waals surface area (Å²) < 4.78 is 7.66. The SMILES string of the molecule is CCCn1cc(I)cc1C(=O)OC. The van der Waals surface area contributed by atoms with Crippen LogP contribution in [0.4, 0.5) is 0 Å². The molecule has 0 aliphatic carbocycles. The Morgan fingerprint density at radius 2 is 2.38 bits per heavy atom. The minimum Gasteiger partial charge on any atom is -0.464 e. The first-order valence-electron chi connectivity index (χ1n) is 4.13. The van der Waals surface area contributed by atoms with E-state index in [4.69, 9.17) is 0 Å². The zero-order valence-corrected chi connectivity index (χ0v) is 9.87. The molecule has 0 aliphatic heterocycles. The summed E-state index contributed by atoms with van der Waals surface area (Å²) >= 11 is 2.19. The van der Waals surface area contributed by atoms with Crippen LogP contribution in [0, 0.1) is 3.57 Å². The Kier molecular flexibility index (Phi) is 3.77. The van der Waals surface area contributed by atoms with Crippen LogP contribution in [0.2, 0.25) is 0 Å². The van der Waals surface area contributed by atoms with Gasteiger partial charge in [-0.15, -0.1) is 0 Å². The molecule has 0 N–H and O–H groups in total. The molecule has 0 spiro atoms. The fourth-order valence-corrected chi connectivity index (χ4v) is 1.81. The topological polar surface area (TPSA) is 31.2 Å². The molecule has 4 heteroatoms. The van der Waals surface area contributed by atoms with Crippen LogP contribution in [0.3, 0.4) is 0 Å². The molecular weight excluding hydrogens is 281 g/mol. The van der Waals surface area contributed by atoms with E-state index in [1.54, 1.807) is 0 Å². The molecule has 1 aromatic rings. The molecule has 0 saturated carbocycles. The van der Waals surface area contributed by atoms with Gasteiger partial charge < -0.3 is 9.30 Å². The molecule has 0 bridgehead atoms. The van der Waals surface area contributed by atoms with Crippen molar-refractivity contribution in [3.05, 3.63) is 21.5 Å². The average Bonchev–Trinajstić information content (AvgIpc) is 2.46. The van der Waals surface area contributed by atoms with Crippen molar-refractivity contribution in [2.45, 2.75) is 19.9 Å². The molecule has 3 nitrogen and oxygen atoms in total. The van der Waals surface area contributed by atoms with Gasteiger partial charge in [-0.1, -0.05) is 6.92 Å². The van der Waals surface area contributed by atoms with Crippen molar-refractivity contribution in [2.24, 2.45) is 0 Å². The summed E-state index contributed by atoms with van der Waals surface area (Å²) in [5.41, 5.74) is 0.633. The van der Waals surface area contributed by atoms with Gasteiger partial charge in [-0.2, -0.15) is 0 Å². The lowest BCUT2D eigenvalue weighted by Gasteiger charge is -2.04. The van der Waals surface area contributed by atoms with E-state index in [2.05, 4.69) is 34.3 Å². The second-order valence-electron chi connectivity index (χ2n) is 2.73. The molecule has 0 radical (unpaired) electrons. The summed E-state index contributed by atoms with van der Waals surface area (Å²) in [7, 11) is 1.40. The van der Waals surface area contributed by atoms with Gasteiger partial charge in [-0.3, -0.25) is 0 Å². The lowest BCUT2D eigenvalue weighted by molar-refractivity contribution is 0.0588. The van der Waals surface area contributed by atoms with Crippen LogP contribution < -0.4 is 0 Å². The molecule has 1 rings (SSSR count). The molecule has 0 fully saturated rings. The first-order valence-corrected chi connectivity index (χ1v) is 5.21. The zero-order chi connectivity index (χ0) is 9.84. The van der Waals surface area contributed by atoms with E-state index < -0.39 is 0 Å². The van der Waals surface area contributed by atoms with Crippen LogP contribution in [-0.2, 0) is 11.3 Å². The Labute approximate surface area is 91.2 Å². The van der Waals surface area contributed by atoms with Gasteiger partial charge in [0.2, 0.25) is 0 Å². The minimum absolute atomic E-state index is 0.267. The maximum Gasteiger partial charge on any atom is 0.354 e. The van der Waals surface area contributed by atoms with Gasteiger partial charge in [-0.05, 0) is 35.1 Å². The van der Waals surface area contributed by atoms with E-state index in [0.29, 0.717) is 5.69 Å². The fourth-order valence-electron chi connectivity index (χ4n) is 1.18. The number of rotatable bonds is 3.